The van der Waals surface area contributed by atoms with Crippen LogP contribution in [-0.2, 0) is 6.54 Å². The van der Waals surface area contributed by atoms with Crippen LogP contribution < -0.4 is 0 Å². The number of amides is 1. The number of benzene rings is 3. The first-order chi connectivity index (χ1) is 14.8. The smallest absolute Gasteiger partial charge is 0.254 e. The molecule has 0 unspecified atom stereocenters. The molecular weight excluding hydrogens is 370 g/mol. The van der Waals surface area contributed by atoms with Gasteiger partial charge in [-0.2, -0.15) is 0 Å². The van der Waals surface area contributed by atoms with Crippen LogP contribution in [0.5, 0.6) is 0 Å². The van der Waals surface area contributed by atoms with Gasteiger partial charge in [-0.25, -0.2) is 4.98 Å². The molecule has 0 N–H and O–H groups in total. The van der Waals surface area contributed by atoms with Crippen LogP contribution in [-0.4, -0.2) is 33.4 Å². The summed E-state index contributed by atoms with van der Waals surface area (Å²) in [5, 5.41) is 2.16. The molecule has 1 amide bonds. The molecular formula is C26H25N3O. The zero-order valence-electron chi connectivity index (χ0n) is 16.9. The van der Waals surface area contributed by atoms with Gasteiger partial charge < -0.3 is 9.47 Å². The lowest BCUT2D eigenvalue weighted by Crippen LogP contribution is -2.39. The fraction of sp³-hybridized carbons (Fsp3) is 0.231. The maximum atomic E-state index is 13.2. The highest BCUT2D eigenvalue weighted by Gasteiger charge is 2.25. The second-order valence-corrected chi connectivity index (χ2v) is 8.03. The number of carbonyl (C=O) groups excluding carboxylic acids is 1. The van der Waals surface area contributed by atoms with E-state index in [-0.39, 0.29) is 5.91 Å². The van der Waals surface area contributed by atoms with E-state index in [1.54, 1.807) is 0 Å². The summed E-state index contributed by atoms with van der Waals surface area (Å²) in [4.78, 5) is 19.8. The van der Waals surface area contributed by atoms with E-state index in [0.29, 0.717) is 5.92 Å². The molecule has 3 aromatic carbocycles. The second kappa shape index (κ2) is 8.15. The molecule has 0 aliphatic carbocycles. The van der Waals surface area contributed by atoms with Crippen LogP contribution in [0.15, 0.2) is 85.2 Å². The third kappa shape index (κ3) is 3.61. The van der Waals surface area contributed by atoms with Gasteiger partial charge >= 0.3 is 0 Å². The molecule has 0 atom stereocenters. The monoisotopic (exact) mass is 395 g/mol. The van der Waals surface area contributed by atoms with Crippen molar-refractivity contribution in [1.82, 2.24) is 14.5 Å². The van der Waals surface area contributed by atoms with Crippen molar-refractivity contribution in [1.29, 1.82) is 0 Å². The van der Waals surface area contributed by atoms with Gasteiger partial charge in [-0.15, -0.1) is 0 Å². The predicted octanol–water partition coefficient (Wildman–Crippen LogP) is 5.26. The quantitative estimate of drug-likeness (QED) is 0.473. The summed E-state index contributed by atoms with van der Waals surface area (Å²) in [6.07, 6.45) is 5.98. The first-order valence-corrected chi connectivity index (χ1v) is 10.6. The summed E-state index contributed by atoms with van der Waals surface area (Å²) in [5.74, 6) is 1.72. The van der Waals surface area contributed by atoms with Crippen LogP contribution >= 0.6 is 0 Å². The predicted molar refractivity (Wildman–Crippen MR) is 120 cm³/mol. The number of hydrogen-bond acceptors (Lipinski definition) is 2. The average molecular weight is 396 g/mol. The van der Waals surface area contributed by atoms with Gasteiger partial charge in [-0.05, 0) is 35.6 Å². The highest BCUT2D eigenvalue weighted by atomic mass is 16.2. The molecule has 0 bridgehead atoms. The van der Waals surface area contributed by atoms with Crippen molar-refractivity contribution in [2.45, 2.75) is 19.4 Å². The molecule has 4 nitrogen and oxygen atoms in total. The summed E-state index contributed by atoms with van der Waals surface area (Å²) >= 11 is 0. The molecule has 1 aromatic heterocycles. The first kappa shape index (κ1) is 18.6. The number of imidazole rings is 1. The van der Waals surface area contributed by atoms with Crippen LogP contribution in [0.25, 0.3) is 22.2 Å². The highest BCUT2D eigenvalue weighted by molar-refractivity contribution is 6.07. The summed E-state index contributed by atoms with van der Waals surface area (Å²) in [6.45, 7) is 2.56. The molecule has 1 saturated heterocycles. The number of nitrogens with zero attached hydrogens (tertiary/aromatic N) is 3. The number of aromatic nitrogens is 2. The molecule has 30 heavy (non-hydrogen) atoms. The summed E-state index contributed by atoms with van der Waals surface area (Å²) in [7, 11) is 0. The summed E-state index contributed by atoms with van der Waals surface area (Å²) < 4.78 is 2.25. The van der Waals surface area contributed by atoms with Crippen LogP contribution in [0, 0.1) is 5.92 Å². The van der Waals surface area contributed by atoms with Gasteiger partial charge in [0, 0.05) is 43.2 Å². The molecule has 1 aliphatic rings. The Labute approximate surface area is 176 Å². The van der Waals surface area contributed by atoms with Crippen molar-refractivity contribution in [2.75, 3.05) is 13.1 Å². The Kier molecular flexibility index (Phi) is 5.06. The molecule has 0 saturated carbocycles. The van der Waals surface area contributed by atoms with Gasteiger partial charge in [0.1, 0.15) is 5.82 Å². The van der Waals surface area contributed by atoms with E-state index >= 15 is 0 Å². The van der Waals surface area contributed by atoms with E-state index in [9.17, 15) is 4.79 Å². The zero-order chi connectivity index (χ0) is 20.3. The Bertz CT molecular complexity index is 1150. The fourth-order valence-electron chi connectivity index (χ4n) is 4.48. The normalized spacial score (nSPS) is 14.9. The second-order valence-electron chi connectivity index (χ2n) is 8.03. The zero-order valence-corrected chi connectivity index (χ0v) is 16.9. The van der Waals surface area contributed by atoms with Gasteiger partial charge in [0.15, 0.2) is 0 Å². The van der Waals surface area contributed by atoms with Gasteiger partial charge in [0.2, 0.25) is 0 Å². The molecule has 1 aliphatic heterocycles. The molecule has 4 heteroatoms. The lowest BCUT2D eigenvalue weighted by molar-refractivity contribution is 0.0685. The average Bonchev–Trinajstić information content (AvgIpc) is 3.27. The molecule has 0 radical (unpaired) electrons. The number of piperidine rings is 1. The topological polar surface area (TPSA) is 38.1 Å². The number of likely N-dealkylation sites (tertiary alicyclic amines) is 1. The Morgan fingerprint density at radius 3 is 2.47 bits per heavy atom. The lowest BCUT2D eigenvalue weighted by atomic mass is 9.95. The first-order valence-electron chi connectivity index (χ1n) is 10.6. The van der Waals surface area contributed by atoms with E-state index in [4.69, 9.17) is 0 Å². The molecule has 5 rings (SSSR count). The van der Waals surface area contributed by atoms with Gasteiger partial charge in [-0.1, -0.05) is 66.7 Å². The van der Waals surface area contributed by atoms with Crippen LogP contribution in [0.2, 0.25) is 0 Å². The number of rotatable bonds is 4. The van der Waals surface area contributed by atoms with Crippen molar-refractivity contribution in [2.24, 2.45) is 5.92 Å². The van der Waals surface area contributed by atoms with Gasteiger partial charge in [0.25, 0.3) is 5.91 Å². The fourth-order valence-corrected chi connectivity index (χ4v) is 4.48. The largest absolute Gasteiger partial charge is 0.339 e. The molecule has 1 fully saturated rings. The maximum Gasteiger partial charge on any atom is 0.254 e. The molecule has 0 spiro atoms. The Morgan fingerprint density at radius 1 is 0.900 bits per heavy atom. The van der Waals surface area contributed by atoms with Crippen LogP contribution in [0.1, 0.15) is 23.2 Å². The molecule has 4 aromatic rings. The summed E-state index contributed by atoms with van der Waals surface area (Å²) in [6, 6.07) is 24.4. The van der Waals surface area contributed by atoms with Gasteiger partial charge in [-0.3, -0.25) is 4.79 Å². The van der Waals surface area contributed by atoms with E-state index in [0.717, 1.165) is 60.2 Å². The highest BCUT2D eigenvalue weighted by Crippen LogP contribution is 2.26. The minimum Gasteiger partial charge on any atom is -0.339 e. The molecule has 2 heterocycles. The Morgan fingerprint density at radius 2 is 1.63 bits per heavy atom. The minimum absolute atomic E-state index is 0.151. The number of hydrogen-bond donors (Lipinski definition) is 0. The van der Waals surface area contributed by atoms with Crippen molar-refractivity contribution in [3.63, 3.8) is 0 Å². The summed E-state index contributed by atoms with van der Waals surface area (Å²) in [5.41, 5.74) is 1.96. The van der Waals surface area contributed by atoms with Crippen molar-refractivity contribution in [3.05, 3.63) is 90.8 Å². The van der Waals surface area contributed by atoms with E-state index in [1.165, 1.54) is 0 Å². The third-order valence-corrected chi connectivity index (χ3v) is 6.12. The van der Waals surface area contributed by atoms with Crippen LogP contribution in [0.4, 0.5) is 0 Å². The van der Waals surface area contributed by atoms with Crippen molar-refractivity contribution >= 4 is 16.7 Å². The number of carbonyl (C=O) groups is 1. The Balaban J connectivity index is 1.26. The standard InChI is InChI=1S/C26H25N3O/c30-26(24-12-6-10-21-7-4-5-11-23(21)24)28-16-13-20(14-17-28)19-29-18-15-27-25(29)22-8-2-1-3-9-22/h1-12,15,18,20H,13-14,16-17,19H2. The van der Waals surface area contributed by atoms with Crippen molar-refractivity contribution in [3.8, 4) is 11.4 Å². The SMILES string of the molecule is O=C(c1cccc2ccccc12)N1CCC(Cn2ccnc2-c2ccccc2)CC1. The van der Waals surface area contributed by atoms with E-state index < -0.39 is 0 Å². The Hall–Kier alpha value is -3.40. The third-order valence-electron chi connectivity index (χ3n) is 6.12. The minimum atomic E-state index is 0.151. The molecule has 150 valence electrons. The van der Waals surface area contributed by atoms with Crippen LogP contribution in [0.3, 0.4) is 0 Å². The number of fused-ring (bicyclic) bond motifs is 1. The maximum absolute atomic E-state index is 13.2. The van der Waals surface area contributed by atoms with Crippen molar-refractivity contribution < 1.29 is 4.79 Å². The van der Waals surface area contributed by atoms with E-state index in [2.05, 4.69) is 40.0 Å². The van der Waals surface area contributed by atoms with Gasteiger partial charge in [0.05, 0.1) is 0 Å². The van der Waals surface area contributed by atoms with E-state index in [1.807, 2.05) is 59.6 Å². The lowest BCUT2D eigenvalue weighted by Gasteiger charge is -2.32.